The van der Waals surface area contributed by atoms with Gasteiger partial charge >= 0.3 is 0 Å². The lowest BCUT2D eigenvalue weighted by Gasteiger charge is -2.28. The van der Waals surface area contributed by atoms with E-state index in [2.05, 4.69) is 10.9 Å². The number of nitrogens with zero attached hydrogens (tertiary/aromatic N) is 2. The fourth-order valence-electron chi connectivity index (χ4n) is 1.72. The highest BCUT2D eigenvalue weighted by molar-refractivity contribution is 5.62. The topological polar surface area (TPSA) is 106 Å². The molecule has 0 aromatic heterocycles. The van der Waals surface area contributed by atoms with E-state index in [-0.39, 0.29) is 5.69 Å². The van der Waals surface area contributed by atoms with Crippen molar-refractivity contribution in [3.05, 3.63) is 28.3 Å². The molecular formula is C10H15N5O3. The molecule has 1 heterocycles. The van der Waals surface area contributed by atoms with E-state index in [4.69, 9.17) is 10.6 Å². The predicted octanol–water partition coefficient (Wildman–Crippen LogP) is 0.540. The average molecular weight is 253 g/mol. The zero-order valence-corrected chi connectivity index (χ0v) is 9.76. The molecule has 8 nitrogen and oxygen atoms in total. The number of hydrazine groups is 2. The maximum absolute atomic E-state index is 10.8. The number of rotatable bonds is 4. The second-order valence-corrected chi connectivity index (χ2v) is 3.88. The van der Waals surface area contributed by atoms with Crippen molar-refractivity contribution < 1.29 is 9.66 Å². The lowest BCUT2D eigenvalue weighted by molar-refractivity contribution is -0.384. The summed E-state index contributed by atoms with van der Waals surface area (Å²) in [6.07, 6.45) is 0. The summed E-state index contributed by atoms with van der Waals surface area (Å²) in [7, 11) is 0. The van der Waals surface area contributed by atoms with Crippen molar-refractivity contribution in [1.82, 2.24) is 5.01 Å². The fourth-order valence-corrected chi connectivity index (χ4v) is 1.72. The van der Waals surface area contributed by atoms with Gasteiger partial charge in [0.25, 0.3) is 5.69 Å². The number of ether oxygens (including phenoxy) is 1. The average Bonchev–Trinajstić information content (AvgIpc) is 2.39. The van der Waals surface area contributed by atoms with E-state index in [1.807, 2.05) is 5.01 Å². The van der Waals surface area contributed by atoms with Crippen LogP contribution in [0.2, 0.25) is 0 Å². The summed E-state index contributed by atoms with van der Waals surface area (Å²) in [4.78, 5) is 10.3. The first-order valence-electron chi connectivity index (χ1n) is 5.54. The number of nitrogens with two attached hydrogens (primary N) is 1. The predicted molar refractivity (Wildman–Crippen MR) is 66.9 cm³/mol. The third kappa shape index (κ3) is 3.06. The third-order valence-electron chi connectivity index (χ3n) is 2.59. The highest BCUT2D eigenvalue weighted by atomic mass is 16.6. The third-order valence-corrected chi connectivity index (χ3v) is 2.59. The summed E-state index contributed by atoms with van der Waals surface area (Å²) in [5.74, 6) is 5.29. The highest BCUT2D eigenvalue weighted by Gasteiger charge is 2.13. The smallest absolute Gasteiger partial charge is 0.273 e. The number of nitrogens with one attached hydrogen (secondary N) is 2. The van der Waals surface area contributed by atoms with Gasteiger partial charge in [0, 0.05) is 25.2 Å². The minimum atomic E-state index is -0.453. The number of nitrogen functional groups attached to an aromatic ring is 1. The van der Waals surface area contributed by atoms with Crippen LogP contribution in [-0.2, 0) is 4.74 Å². The van der Waals surface area contributed by atoms with E-state index in [1.165, 1.54) is 12.1 Å². The molecule has 1 aromatic carbocycles. The molecule has 1 fully saturated rings. The van der Waals surface area contributed by atoms with Crippen LogP contribution in [0.5, 0.6) is 0 Å². The quantitative estimate of drug-likeness (QED) is 0.408. The molecule has 0 spiro atoms. The molecule has 4 N–H and O–H groups in total. The van der Waals surface area contributed by atoms with E-state index < -0.39 is 4.92 Å². The van der Waals surface area contributed by atoms with Gasteiger partial charge in [-0.1, -0.05) is 0 Å². The summed E-state index contributed by atoms with van der Waals surface area (Å²) < 4.78 is 5.22. The largest absolute Gasteiger partial charge is 0.379 e. The van der Waals surface area contributed by atoms with Gasteiger partial charge in [-0.25, -0.2) is 5.01 Å². The lowest BCUT2D eigenvalue weighted by Crippen LogP contribution is -2.40. The van der Waals surface area contributed by atoms with Crippen LogP contribution in [0.1, 0.15) is 0 Å². The van der Waals surface area contributed by atoms with Gasteiger partial charge in [-0.3, -0.25) is 16.0 Å². The summed E-state index contributed by atoms with van der Waals surface area (Å²) in [6, 6.07) is 4.56. The molecule has 1 saturated heterocycles. The Kier molecular flexibility index (Phi) is 3.92. The van der Waals surface area contributed by atoms with Crippen LogP contribution in [0, 0.1) is 10.1 Å². The lowest BCUT2D eigenvalue weighted by atomic mass is 10.2. The first kappa shape index (κ1) is 12.6. The molecule has 0 saturated carbocycles. The summed E-state index contributed by atoms with van der Waals surface area (Å²) in [6.45, 7) is 2.75. The Hall–Kier alpha value is -1.90. The van der Waals surface area contributed by atoms with Crippen LogP contribution in [0.25, 0.3) is 0 Å². The van der Waals surface area contributed by atoms with Crippen LogP contribution in [0.3, 0.4) is 0 Å². The van der Waals surface area contributed by atoms with E-state index in [1.54, 1.807) is 6.07 Å². The number of nitro groups is 1. The Bertz CT molecular complexity index is 434. The molecule has 0 amide bonds. The minimum Gasteiger partial charge on any atom is -0.379 e. The Balaban J connectivity index is 2.15. The first-order valence-corrected chi connectivity index (χ1v) is 5.54. The Morgan fingerprint density at radius 2 is 1.94 bits per heavy atom. The van der Waals surface area contributed by atoms with Crippen LogP contribution < -0.4 is 16.7 Å². The van der Waals surface area contributed by atoms with Gasteiger partial charge in [-0.2, -0.15) is 0 Å². The Morgan fingerprint density at radius 1 is 1.28 bits per heavy atom. The van der Waals surface area contributed by atoms with Gasteiger partial charge in [0.1, 0.15) is 0 Å². The second kappa shape index (κ2) is 5.63. The zero-order valence-electron chi connectivity index (χ0n) is 9.76. The highest BCUT2D eigenvalue weighted by Crippen LogP contribution is 2.24. The number of benzene rings is 1. The molecule has 0 aliphatic carbocycles. The molecule has 18 heavy (non-hydrogen) atoms. The van der Waals surface area contributed by atoms with Crippen molar-refractivity contribution in [2.24, 2.45) is 5.84 Å². The Labute approximate surface area is 104 Å². The zero-order chi connectivity index (χ0) is 13.0. The molecule has 0 radical (unpaired) electrons. The van der Waals surface area contributed by atoms with Crippen molar-refractivity contribution >= 4 is 17.1 Å². The van der Waals surface area contributed by atoms with Gasteiger partial charge in [0.15, 0.2) is 0 Å². The monoisotopic (exact) mass is 253 g/mol. The molecule has 8 heteroatoms. The Morgan fingerprint density at radius 3 is 2.56 bits per heavy atom. The number of morpholine rings is 1. The molecular weight excluding hydrogens is 238 g/mol. The van der Waals surface area contributed by atoms with E-state index in [0.717, 1.165) is 13.1 Å². The molecule has 0 bridgehead atoms. The maximum Gasteiger partial charge on any atom is 0.273 e. The van der Waals surface area contributed by atoms with Gasteiger partial charge in [-0.05, 0) is 6.07 Å². The van der Waals surface area contributed by atoms with Crippen LogP contribution in [0.4, 0.5) is 17.1 Å². The summed E-state index contributed by atoms with van der Waals surface area (Å²) >= 11 is 0. The van der Waals surface area contributed by atoms with Crippen molar-refractivity contribution in [2.45, 2.75) is 0 Å². The molecule has 1 aliphatic rings. The van der Waals surface area contributed by atoms with Crippen molar-refractivity contribution in [2.75, 3.05) is 37.2 Å². The van der Waals surface area contributed by atoms with E-state index in [0.29, 0.717) is 24.6 Å². The molecule has 2 rings (SSSR count). The van der Waals surface area contributed by atoms with Crippen LogP contribution in [0.15, 0.2) is 18.2 Å². The molecule has 1 aliphatic heterocycles. The van der Waals surface area contributed by atoms with Crippen molar-refractivity contribution in [3.63, 3.8) is 0 Å². The second-order valence-electron chi connectivity index (χ2n) is 3.88. The maximum atomic E-state index is 10.8. The van der Waals surface area contributed by atoms with Crippen molar-refractivity contribution in [1.29, 1.82) is 0 Å². The van der Waals surface area contributed by atoms with Gasteiger partial charge < -0.3 is 15.6 Å². The number of hydrogen-bond acceptors (Lipinski definition) is 7. The summed E-state index contributed by atoms with van der Waals surface area (Å²) in [5, 5.41) is 12.7. The van der Waals surface area contributed by atoms with Crippen molar-refractivity contribution in [3.8, 4) is 0 Å². The number of nitro benzene ring substituents is 1. The van der Waals surface area contributed by atoms with Crippen LogP contribution in [-0.4, -0.2) is 36.2 Å². The minimum absolute atomic E-state index is 0.0128. The molecule has 98 valence electrons. The van der Waals surface area contributed by atoms with Gasteiger partial charge in [0.2, 0.25) is 0 Å². The molecule has 0 atom stereocenters. The number of hydrogen-bond donors (Lipinski definition) is 3. The summed E-state index contributed by atoms with van der Waals surface area (Å²) in [5.41, 5.74) is 6.61. The molecule has 1 aromatic rings. The standard InChI is InChI=1S/C10H15N5O3/c11-12-8-5-9(7-10(6-8)15(16)17)13-14-1-3-18-4-2-14/h5-7,12-13H,1-4,11H2. The van der Waals surface area contributed by atoms with Gasteiger partial charge in [0.05, 0.1) is 29.5 Å². The molecule has 0 unspecified atom stereocenters. The van der Waals surface area contributed by atoms with Gasteiger partial charge in [-0.15, -0.1) is 0 Å². The van der Waals surface area contributed by atoms with Crippen LogP contribution >= 0.6 is 0 Å². The number of non-ortho nitro benzene ring substituents is 1. The van der Waals surface area contributed by atoms with E-state index >= 15 is 0 Å². The SMILES string of the molecule is NNc1cc(NN2CCOCC2)cc([N+](=O)[O-])c1. The number of anilines is 2. The normalized spacial score (nSPS) is 16.3. The first-order chi connectivity index (χ1) is 8.69. The fraction of sp³-hybridized carbons (Fsp3) is 0.400. The van der Waals surface area contributed by atoms with E-state index in [9.17, 15) is 10.1 Å².